The van der Waals surface area contributed by atoms with Crippen molar-refractivity contribution in [1.29, 1.82) is 0 Å². The maximum absolute atomic E-state index is 13.0. The molecular weight excluding hydrogens is 426 g/mol. The summed E-state index contributed by atoms with van der Waals surface area (Å²) in [5.41, 5.74) is 3.60. The summed E-state index contributed by atoms with van der Waals surface area (Å²) in [6, 6.07) is 25.0. The van der Waals surface area contributed by atoms with E-state index in [9.17, 15) is 4.79 Å². The summed E-state index contributed by atoms with van der Waals surface area (Å²) in [5.74, 6) is 1.66. The molecule has 1 heterocycles. The molecule has 1 N–H and O–H groups in total. The van der Waals surface area contributed by atoms with Gasteiger partial charge in [0.1, 0.15) is 5.82 Å². The summed E-state index contributed by atoms with van der Waals surface area (Å²) in [6.45, 7) is 0.590. The van der Waals surface area contributed by atoms with Gasteiger partial charge in [0, 0.05) is 10.6 Å². The van der Waals surface area contributed by atoms with Gasteiger partial charge in [0.25, 0.3) is 5.91 Å². The molecule has 4 rings (SSSR count). The fourth-order valence-electron chi connectivity index (χ4n) is 3.66. The molecule has 0 unspecified atom stereocenters. The van der Waals surface area contributed by atoms with E-state index in [0.717, 1.165) is 39.6 Å². The number of aromatic nitrogens is 2. The molecule has 4 aromatic rings. The van der Waals surface area contributed by atoms with Crippen LogP contribution in [0, 0.1) is 0 Å². The number of benzene rings is 3. The van der Waals surface area contributed by atoms with Gasteiger partial charge in [0.15, 0.2) is 0 Å². The van der Waals surface area contributed by atoms with E-state index in [1.54, 1.807) is 11.8 Å². The molecule has 1 aromatic heterocycles. The van der Waals surface area contributed by atoms with E-state index in [-0.39, 0.29) is 11.9 Å². The predicted octanol–water partition coefficient (Wildman–Crippen LogP) is 5.96. The number of imidazole rings is 1. The zero-order chi connectivity index (χ0) is 21.6. The number of thioether (sulfide) groups is 1. The molecule has 0 saturated heterocycles. The standard InChI is InChI=1S/C25H24ClN3OS/c1-31-16-15-22(28-25(30)18-9-3-2-4-10-18)24-27-21-13-7-8-14-23(21)29(24)17-19-11-5-6-12-20(19)26/h2-14,22H,15-17H2,1H3,(H,28,30)/t22-/m1/s1. The van der Waals surface area contributed by atoms with E-state index in [1.807, 2.05) is 72.8 Å². The number of nitrogens with zero attached hydrogens (tertiary/aromatic N) is 2. The first-order valence-corrected chi connectivity index (χ1v) is 12.0. The maximum Gasteiger partial charge on any atom is 0.251 e. The highest BCUT2D eigenvalue weighted by molar-refractivity contribution is 7.98. The lowest BCUT2D eigenvalue weighted by molar-refractivity contribution is 0.0933. The van der Waals surface area contributed by atoms with Gasteiger partial charge in [-0.05, 0) is 54.3 Å². The van der Waals surface area contributed by atoms with Crippen LogP contribution in [0.25, 0.3) is 11.0 Å². The molecule has 4 nitrogen and oxygen atoms in total. The largest absolute Gasteiger partial charge is 0.342 e. The molecule has 0 fully saturated rings. The number of para-hydroxylation sites is 2. The van der Waals surface area contributed by atoms with Crippen LogP contribution in [-0.2, 0) is 6.54 Å². The lowest BCUT2D eigenvalue weighted by atomic mass is 10.1. The fraction of sp³-hybridized carbons (Fsp3) is 0.200. The smallest absolute Gasteiger partial charge is 0.251 e. The fourth-order valence-corrected chi connectivity index (χ4v) is 4.32. The zero-order valence-corrected chi connectivity index (χ0v) is 18.9. The maximum atomic E-state index is 13.0. The number of fused-ring (bicyclic) bond motifs is 1. The lowest BCUT2D eigenvalue weighted by Gasteiger charge is -2.20. The molecule has 0 aliphatic carbocycles. The van der Waals surface area contributed by atoms with E-state index in [0.29, 0.717) is 12.1 Å². The molecule has 1 atom stereocenters. The minimum Gasteiger partial charge on any atom is -0.342 e. The third kappa shape index (κ3) is 4.94. The van der Waals surface area contributed by atoms with Gasteiger partial charge in [0.2, 0.25) is 0 Å². The van der Waals surface area contributed by atoms with E-state index >= 15 is 0 Å². The number of halogens is 1. The Hall–Kier alpha value is -2.76. The number of carbonyl (C=O) groups excluding carboxylic acids is 1. The molecule has 0 aliphatic rings. The van der Waals surface area contributed by atoms with Gasteiger partial charge >= 0.3 is 0 Å². The van der Waals surface area contributed by atoms with Gasteiger partial charge < -0.3 is 9.88 Å². The van der Waals surface area contributed by atoms with Gasteiger partial charge in [-0.2, -0.15) is 11.8 Å². The number of hydrogen-bond donors (Lipinski definition) is 1. The van der Waals surface area contributed by atoms with Gasteiger partial charge in [-0.25, -0.2) is 4.98 Å². The monoisotopic (exact) mass is 449 g/mol. The van der Waals surface area contributed by atoms with Crippen LogP contribution in [0.5, 0.6) is 0 Å². The Balaban J connectivity index is 1.75. The highest BCUT2D eigenvalue weighted by Gasteiger charge is 2.23. The van der Waals surface area contributed by atoms with Crippen molar-refractivity contribution in [3.05, 3.63) is 101 Å². The highest BCUT2D eigenvalue weighted by atomic mass is 35.5. The molecule has 6 heteroatoms. The second-order valence-corrected chi connectivity index (χ2v) is 8.70. The second-order valence-electron chi connectivity index (χ2n) is 7.31. The minimum absolute atomic E-state index is 0.0944. The van der Waals surface area contributed by atoms with Gasteiger partial charge in [-0.1, -0.05) is 60.1 Å². The first kappa shape index (κ1) is 21.5. The van der Waals surface area contributed by atoms with Crippen LogP contribution in [-0.4, -0.2) is 27.5 Å². The number of hydrogen-bond acceptors (Lipinski definition) is 3. The summed E-state index contributed by atoms with van der Waals surface area (Å²) in [5, 5.41) is 3.94. The normalized spacial score (nSPS) is 12.1. The number of rotatable bonds is 8. The van der Waals surface area contributed by atoms with Crippen molar-refractivity contribution in [2.45, 2.75) is 19.0 Å². The van der Waals surface area contributed by atoms with Crippen molar-refractivity contribution in [3.8, 4) is 0 Å². The quantitative estimate of drug-likeness (QED) is 0.361. The average molecular weight is 450 g/mol. The van der Waals surface area contributed by atoms with Crippen molar-refractivity contribution in [1.82, 2.24) is 14.9 Å². The van der Waals surface area contributed by atoms with Gasteiger partial charge in [0.05, 0.1) is 23.6 Å². The first-order valence-electron chi connectivity index (χ1n) is 10.2. The first-order chi connectivity index (χ1) is 15.2. The molecular formula is C25H24ClN3OS. The Kier molecular flexibility index (Phi) is 6.95. The number of amides is 1. The Bertz CT molecular complexity index is 1180. The van der Waals surface area contributed by atoms with E-state index in [2.05, 4.69) is 22.2 Å². The molecule has 0 radical (unpaired) electrons. The lowest BCUT2D eigenvalue weighted by Crippen LogP contribution is -2.31. The average Bonchev–Trinajstić information content (AvgIpc) is 3.17. The van der Waals surface area contributed by atoms with E-state index in [4.69, 9.17) is 16.6 Å². The van der Waals surface area contributed by atoms with Crippen LogP contribution in [0.15, 0.2) is 78.9 Å². The van der Waals surface area contributed by atoms with Gasteiger partial charge in [-0.3, -0.25) is 4.79 Å². The van der Waals surface area contributed by atoms with Crippen molar-refractivity contribution < 1.29 is 4.79 Å². The van der Waals surface area contributed by atoms with Crippen molar-refractivity contribution in [2.75, 3.05) is 12.0 Å². The van der Waals surface area contributed by atoms with Crippen LogP contribution < -0.4 is 5.32 Å². The molecule has 158 valence electrons. The minimum atomic E-state index is -0.213. The summed E-state index contributed by atoms with van der Waals surface area (Å²) < 4.78 is 2.17. The summed E-state index contributed by atoms with van der Waals surface area (Å²) in [7, 11) is 0. The zero-order valence-electron chi connectivity index (χ0n) is 17.3. The second kappa shape index (κ2) is 10.0. The molecule has 0 aliphatic heterocycles. The van der Waals surface area contributed by atoms with Crippen LogP contribution >= 0.6 is 23.4 Å². The topological polar surface area (TPSA) is 46.9 Å². The van der Waals surface area contributed by atoms with E-state index < -0.39 is 0 Å². The Labute approximate surface area is 191 Å². The predicted molar refractivity (Wildman–Crippen MR) is 130 cm³/mol. The van der Waals surface area contributed by atoms with E-state index in [1.165, 1.54) is 0 Å². The van der Waals surface area contributed by atoms with Crippen LogP contribution in [0.4, 0.5) is 0 Å². The molecule has 31 heavy (non-hydrogen) atoms. The van der Waals surface area contributed by atoms with Gasteiger partial charge in [-0.15, -0.1) is 0 Å². The number of nitrogens with one attached hydrogen (secondary N) is 1. The van der Waals surface area contributed by atoms with Crippen molar-refractivity contribution in [2.24, 2.45) is 0 Å². The SMILES string of the molecule is CSCC[C@@H](NC(=O)c1ccccc1)c1nc2ccccc2n1Cc1ccccc1Cl. The molecule has 1 amide bonds. The van der Waals surface area contributed by atoms with Crippen molar-refractivity contribution in [3.63, 3.8) is 0 Å². The number of carbonyl (C=O) groups is 1. The Morgan fingerprint density at radius 2 is 1.74 bits per heavy atom. The summed E-state index contributed by atoms with van der Waals surface area (Å²) in [4.78, 5) is 17.9. The third-order valence-corrected chi connectivity index (χ3v) is 6.25. The Morgan fingerprint density at radius 1 is 1.03 bits per heavy atom. The molecule has 0 bridgehead atoms. The van der Waals surface area contributed by atoms with Crippen LogP contribution in [0.2, 0.25) is 5.02 Å². The highest BCUT2D eigenvalue weighted by Crippen LogP contribution is 2.27. The molecule has 0 spiro atoms. The molecule has 0 saturated carbocycles. The Morgan fingerprint density at radius 3 is 2.52 bits per heavy atom. The van der Waals surface area contributed by atoms with Crippen molar-refractivity contribution >= 4 is 40.3 Å². The summed E-state index contributed by atoms with van der Waals surface area (Å²) >= 11 is 8.22. The third-order valence-electron chi connectivity index (χ3n) is 5.23. The summed E-state index contributed by atoms with van der Waals surface area (Å²) in [6.07, 6.45) is 2.86. The van der Waals surface area contributed by atoms with Crippen LogP contribution in [0.3, 0.4) is 0 Å². The van der Waals surface area contributed by atoms with Crippen LogP contribution in [0.1, 0.15) is 34.2 Å². The molecule has 3 aromatic carbocycles.